The molecule has 150 valence electrons. The van der Waals surface area contributed by atoms with Crippen molar-refractivity contribution in [2.75, 3.05) is 26.7 Å². The number of nitrogens with zero attached hydrogens (tertiary/aromatic N) is 1. The van der Waals surface area contributed by atoms with Crippen LogP contribution in [0.15, 0.2) is 12.2 Å². The number of aliphatic carboxylic acids is 1. The van der Waals surface area contributed by atoms with Gasteiger partial charge in [0.25, 0.3) is 0 Å². The fourth-order valence-corrected chi connectivity index (χ4v) is 2.49. The van der Waals surface area contributed by atoms with E-state index in [4.69, 9.17) is 10.8 Å². The van der Waals surface area contributed by atoms with Gasteiger partial charge in [0.05, 0.1) is 0 Å². The van der Waals surface area contributed by atoms with E-state index >= 15 is 0 Å². The Hall–Kier alpha value is -1.67. The maximum absolute atomic E-state index is 13.2. The monoisotopic (exact) mass is 376 g/mol. The van der Waals surface area contributed by atoms with E-state index < -0.39 is 18.3 Å². The van der Waals surface area contributed by atoms with Gasteiger partial charge in [-0.3, -0.25) is 9.59 Å². The van der Waals surface area contributed by atoms with Gasteiger partial charge >= 0.3 is 11.9 Å². The third-order valence-corrected chi connectivity index (χ3v) is 4.14. The molecule has 0 aliphatic carbocycles. The summed E-state index contributed by atoms with van der Waals surface area (Å²) in [6.45, 7) is 3.06. The van der Waals surface area contributed by atoms with Crippen molar-refractivity contribution >= 4 is 17.5 Å². The summed E-state index contributed by atoms with van der Waals surface area (Å²) in [4.78, 5) is 34.8. The van der Waals surface area contributed by atoms with Gasteiger partial charge in [-0.25, -0.2) is 4.79 Å². The molecule has 0 saturated heterocycles. The first-order valence-electron chi connectivity index (χ1n) is 8.79. The summed E-state index contributed by atoms with van der Waals surface area (Å²) >= 11 is 0. The van der Waals surface area contributed by atoms with Gasteiger partial charge in [0.15, 0.2) is 11.6 Å². The Bertz CT molecular complexity index is 496. The van der Waals surface area contributed by atoms with E-state index in [-0.39, 0.29) is 23.9 Å². The van der Waals surface area contributed by atoms with E-state index in [0.29, 0.717) is 45.3 Å². The maximum atomic E-state index is 13.2. The van der Waals surface area contributed by atoms with Crippen molar-refractivity contribution in [3.8, 4) is 0 Å². The van der Waals surface area contributed by atoms with Crippen molar-refractivity contribution in [3.05, 3.63) is 12.2 Å². The zero-order valence-electron chi connectivity index (χ0n) is 15.5. The van der Waals surface area contributed by atoms with Crippen molar-refractivity contribution in [1.82, 2.24) is 4.90 Å². The van der Waals surface area contributed by atoms with E-state index in [1.807, 2.05) is 11.9 Å². The normalized spacial score (nSPS) is 13.3. The Labute approximate surface area is 153 Å². The zero-order valence-corrected chi connectivity index (χ0v) is 15.5. The maximum Gasteiger partial charge on any atom is 0.374 e. The lowest BCUT2D eigenvalue weighted by Gasteiger charge is -2.22. The van der Waals surface area contributed by atoms with Gasteiger partial charge in [0, 0.05) is 12.8 Å². The third-order valence-electron chi connectivity index (χ3n) is 4.14. The second-order valence-corrected chi connectivity index (χ2v) is 6.60. The van der Waals surface area contributed by atoms with Crippen LogP contribution in [0.5, 0.6) is 0 Å². The highest BCUT2D eigenvalue weighted by Crippen LogP contribution is 2.26. The number of rotatable bonds is 15. The van der Waals surface area contributed by atoms with Crippen LogP contribution in [0.1, 0.15) is 45.4 Å². The summed E-state index contributed by atoms with van der Waals surface area (Å²) in [6.07, 6.45) is 4.13. The lowest BCUT2D eigenvalue weighted by Crippen LogP contribution is -2.30. The Morgan fingerprint density at radius 3 is 2.35 bits per heavy atom. The first kappa shape index (κ1) is 24.3. The topological polar surface area (TPSA) is 101 Å². The van der Waals surface area contributed by atoms with Crippen molar-refractivity contribution in [2.45, 2.75) is 51.4 Å². The first-order valence-corrected chi connectivity index (χ1v) is 8.79. The standard InChI is InChI=1S/C18H30F2N2O4/c1-14(23)5-6-16(24)4-3-12-22(2)13-9-15(8-11-21)7-10-18(19,20)17(25)26/h5-6,15H,3-4,7-13,21H2,1-2H3,(H,25,26)/b6-5-. The summed E-state index contributed by atoms with van der Waals surface area (Å²) in [5.41, 5.74) is 5.51. The molecule has 0 bridgehead atoms. The van der Waals surface area contributed by atoms with Crippen LogP contribution in [-0.4, -0.2) is 60.1 Å². The Morgan fingerprint density at radius 2 is 1.81 bits per heavy atom. The molecule has 0 heterocycles. The van der Waals surface area contributed by atoms with Crippen molar-refractivity contribution < 1.29 is 28.3 Å². The van der Waals surface area contributed by atoms with Gasteiger partial charge in [0.1, 0.15) is 0 Å². The molecule has 0 amide bonds. The van der Waals surface area contributed by atoms with Crippen LogP contribution in [0.25, 0.3) is 0 Å². The Morgan fingerprint density at radius 1 is 1.15 bits per heavy atom. The lowest BCUT2D eigenvalue weighted by atomic mass is 9.93. The van der Waals surface area contributed by atoms with Crippen LogP contribution in [-0.2, 0) is 14.4 Å². The number of alkyl halides is 2. The fourth-order valence-electron chi connectivity index (χ4n) is 2.49. The van der Waals surface area contributed by atoms with Gasteiger partial charge in [-0.2, -0.15) is 8.78 Å². The SMILES string of the molecule is CC(=O)/C=C\C(=O)CCCN(C)CCC(CCN)CCC(F)(F)C(=O)O. The Kier molecular flexibility index (Phi) is 11.8. The molecule has 0 rings (SSSR count). The molecular formula is C18H30F2N2O4. The smallest absolute Gasteiger partial charge is 0.374 e. The molecule has 0 radical (unpaired) electrons. The quantitative estimate of drug-likeness (QED) is 0.425. The molecule has 3 N–H and O–H groups in total. The largest absolute Gasteiger partial charge is 0.477 e. The minimum atomic E-state index is -3.70. The van der Waals surface area contributed by atoms with Crippen LogP contribution in [0.3, 0.4) is 0 Å². The molecule has 0 aromatic rings. The first-order chi connectivity index (χ1) is 12.1. The molecule has 1 unspecified atom stereocenters. The van der Waals surface area contributed by atoms with Crippen LogP contribution in [0, 0.1) is 5.92 Å². The van der Waals surface area contributed by atoms with Crippen LogP contribution >= 0.6 is 0 Å². The highest BCUT2D eigenvalue weighted by atomic mass is 19.3. The van der Waals surface area contributed by atoms with Crippen LogP contribution < -0.4 is 5.73 Å². The van der Waals surface area contributed by atoms with Gasteiger partial charge in [0.2, 0.25) is 0 Å². The predicted molar refractivity (Wildman–Crippen MR) is 95.2 cm³/mol. The molecule has 1 atom stereocenters. The van der Waals surface area contributed by atoms with Crippen LogP contribution in [0.4, 0.5) is 8.78 Å². The molecule has 0 spiro atoms. The third kappa shape index (κ3) is 11.8. The summed E-state index contributed by atoms with van der Waals surface area (Å²) in [7, 11) is 1.88. The number of ketones is 2. The average molecular weight is 376 g/mol. The number of allylic oxidation sites excluding steroid dienone is 2. The van der Waals surface area contributed by atoms with E-state index in [2.05, 4.69) is 0 Å². The summed E-state index contributed by atoms with van der Waals surface area (Å²) in [5, 5.41) is 8.48. The van der Waals surface area contributed by atoms with Gasteiger partial charge in [-0.05, 0) is 77.4 Å². The molecule has 0 saturated carbocycles. The molecule has 0 aliphatic rings. The number of carboxylic acids is 1. The van der Waals surface area contributed by atoms with E-state index in [1.54, 1.807) is 0 Å². The van der Waals surface area contributed by atoms with Gasteiger partial charge in [-0.1, -0.05) is 0 Å². The van der Waals surface area contributed by atoms with Crippen molar-refractivity contribution in [1.29, 1.82) is 0 Å². The molecule has 26 heavy (non-hydrogen) atoms. The molecule has 0 fully saturated rings. The summed E-state index contributed by atoms with van der Waals surface area (Å²) in [5.74, 6) is -6.13. The van der Waals surface area contributed by atoms with E-state index in [9.17, 15) is 23.2 Å². The molecule has 0 aliphatic heterocycles. The van der Waals surface area contributed by atoms with E-state index in [0.717, 1.165) is 0 Å². The zero-order chi connectivity index (χ0) is 20.2. The molecular weight excluding hydrogens is 346 g/mol. The number of hydrogen-bond acceptors (Lipinski definition) is 5. The van der Waals surface area contributed by atoms with Gasteiger partial charge in [-0.15, -0.1) is 0 Å². The van der Waals surface area contributed by atoms with E-state index in [1.165, 1.54) is 19.1 Å². The second kappa shape index (κ2) is 12.6. The lowest BCUT2D eigenvalue weighted by molar-refractivity contribution is -0.166. The minimum Gasteiger partial charge on any atom is -0.477 e. The number of halogens is 2. The van der Waals surface area contributed by atoms with Crippen molar-refractivity contribution in [2.24, 2.45) is 11.7 Å². The van der Waals surface area contributed by atoms with Gasteiger partial charge < -0.3 is 15.7 Å². The number of hydrogen-bond donors (Lipinski definition) is 2. The Balaban J connectivity index is 4.17. The molecule has 0 aromatic heterocycles. The summed E-state index contributed by atoms with van der Waals surface area (Å²) < 4.78 is 26.4. The minimum absolute atomic E-state index is 0.0622. The van der Waals surface area contributed by atoms with Crippen LogP contribution in [0.2, 0.25) is 0 Å². The molecule has 6 nitrogen and oxygen atoms in total. The predicted octanol–water partition coefficient (Wildman–Crippen LogP) is 2.27. The number of nitrogens with two attached hydrogens (primary N) is 1. The summed E-state index contributed by atoms with van der Waals surface area (Å²) in [6, 6.07) is 0. The number of carbonyl (C=O) groups excluding carboxylic acids is 2. The number of carbonyl (C=O) groups is 3. The average Bonchev–Trinajstić information content (AvgIpc) is 2.55. The second-order valence-electron chi connectivity index (χ2n) is 6.60. The molecule has 8 heteroatoms. The highest BCUT2D eigenvalue weighted by Gasteiger charge is 2.38. The fraction of sp³-hybridized carbons (Fsp3) is 0.722. The number of carboxylic acid groups (broad SMARTS) is 1. The van der Waals surface area contributed by atoms with Crippen molar-refractivity contribution in [3.63, 3.8) is 0 Å². The molecule has 0 aromatic carbocycles. The highest BCUT2D eigenvalue weighted by molar-refractivity contribution is 5.97.